The summed E-state index contributed by atoms with van der Waals surface area (Å²) in [5.74, 6) is -0.0639. The second kappa shape index (κ2) is 59.2. The van der Waals surface area contributed by atoms with Crippen molar-refractivity contribution in [1.82, 2.24) is 5.32 Å². The Labute approximate surface area is 431 Å². The van der Waals surface area contributed by atoms with Crippen LogP contribution in [0.5, 0.6) is 0 Å². The second-order valence-corrected chi connectivity index (χ2v) is 21.8. The number of esters is 1. The number of aliphatic hydroxyl groups excluding tert-OH is 2. The molecule has 0 saturated heterocycles. The van der Waals surface area contributed by atoms with Gasteiger partial charge in [-0.15, -0.1) is 0 Å². The van der Waals surface area contributed by atoms with Crippen molar-refractivity contribution in [3.8, 4) is 0 Å². The maximum Gasteiger partial charge on any atom is 0.305 e. The van der Waals surface area contributed by atoms with Crippen molar-refractivity contribution in [2.24, 2.45) is 0 Å². The molecule has 0 rings (SSSR count). The number of carbonyl (C=O) groups excluding carboxylic acids is 2. The van der Waals surface area contributed by atoms with E-state index in [9.17, 15) is 19.8 Å². The van der Waals surface area contributed by atoms with Crippen LogP contribution in [-0.2, 0) is 14.3 Å². The largest absolute Gasteiger partial charge is 0.466 e. The zero-order valence-corrected chi connectivity index (χ0v) is 46.8. The molecule has 1 amide bonds. The molecule has 0 aromatic heterocycles. The standard InChI is InChI=1S/C63H123NO5/c1-3-5-7-9-11-13-15-16-17-18-19-20-21-22-23-24-26-29-32-36-39-43-47-51-55-61(66)60(59-65)64-62(67)56-52-48-44-40-37-33-30-27-25-28-31-34-38-42-46-50-54-58-69-63(68)57-53-49-45-41-35-14-12-10-8-6-4-2/h51,55,60-61,65-66H,3-50,52-54,56-59H2,1-2H3,(H,64,67)/b55-51+. The zero-order chi connectivity index (χ0) is 50.0. The zero-order valence-electron chi connectivity index (χ0n) is 46.8. The lowest BCUT2D eigenvalue weighted by atomic mass is 10.0. The fraction of sp³-hybridized carbons (Fsp3) is 0.937. The fourth-order valence-electron chi connectivity index (χ4n) is 9.99. The van der Waals surface area contributed by atoms with Crippen molar-refractivity contribution in [2.45, 2.75) is 366 Å². The number of unbranched alkanes of at least 4 members (excludes halogenated alkanes) is 48. The van der Waals surface area contributed by atoms with E-state index < -0.39 is 12.1 Å². The number of hydrogen-bond acceptors (Lipinski definition) is 5. The Balaban J connectivity index is 3.44. The van der Waals surface area contributed by atoms with Gasteiger partial charge in [-0.25, -0.2) is 0 Å². The third kappa shape index (κ3) is 55.8. The number of allylic oxidation sites excluding steroid dienone is 1. The van der Waals surface area contributed by atoms with Gasteiger partial charge in [0.1, 0.15) is 0 Å². The van der Waals surface area contributed by atoms with E-state index in [2.05, 4.69) is 19.2 Å². The minimum atomic E-state index is -0.848. The van der Waals surface area contributed by atoms with Crippen LogP contribution in [0.25, 0.3) is 0 Å². The lowest BCUT2D eigenvalue weighted by Gasteiger charge is -2.20. The maximum atomic E-state index is 12.5. The molecule has 6 heteroatoms. The van der Waals surface area contributed by atoms with Gasteiger partial charge in [-0.3, -0.25) is 9.59 Å². The first-order valence-corrected chi connectivity index (χ1v) is 31.5. The molecule has 0 heterocycles. The van der Waals surface area contributed by atoms with Crippen LogP contribution in [0.15, 0.2) is 12.2 Å². The van der Waals surface area contributed by atoms with Gasteiger partial charge in [0, 0.05) is 12.8 Å². The molecule has 2 atom stereocenters. The summed E-state index contributed by atoms with van der Waals surface area (Å²) in [6.45, 7) is 4.92. The van der Waals surface area contributed by atoms with Gasteiger partial charge in [0.15, 0.2) is 0 Å². The van der Waals surface area contributed by atoms with E-state index in [4.69, 9.17) is 4.74 Å². The Morgan fingerprint density at radius 2 is 0.667 bits per heavy atom. The highest BCUT2D eigenvalue weighted by Gasteiger charge is 2.18. The molecule has 410 valence electrons. The summed E-state index contributed by atoms with van der Waals surface area (Å²) in [5, 5.41) is 23.2. The topological polar surface area (TPSA) is 95.9 Å². The van der Waals surface area contributed by atoms with E-state index in [0.29, 0.717) is 19.4 Å². The van der Waals surface area contributed by atoms with E-state index in [0.717, 1.165) is 44.9 Å². The minimum absolute atomic E-state index is 0.00510. The van der Waals surface area contributed by atoms with Gasteiger partial charge in [-0.1, -0.05) is 321 Å². The van der Waals surface area contributed by atoms with Crippen LogP contribution < -0.4 is 5.32 Å². The molecule has 69 heavy (non-hydrogen) atoms. The summed E-state index contributed by atoms with van der Waals surface area (Å²) in [4.78, 5) is 24.5. The number of aliphatic hydroxyl groups is 2. The molecule has 0 aliphatic heterocycles. The summed E-state index contributed by atoms with van der Waals surface area (Å²) in [5.41, 5.74) is 0. The third-order valence-corrected chi connectivity index (χ3v) is 14.8. The van der Waals surface area contributed by atoms with E-state index in [1.807, 2.05) is 6.08 Å². The van der Waals surface area contributed by atoms with Crippen LogP contribution in [0.2, 0.25) is 0 Å². The molecular weight excluding hydrogens is 851 g/mol. The summed E-state index contributed by atoms with van der Waals surface area (Å²) >= 11 is 0. The molecule has 0 aliphatic rings. The first kappa shape index (κ1) is 67.6. The van der Waals surface area contributed by atoms with Crippen molar-refractivity contribution < 1.29 is 24.5 Å². The quantitative estimate of drug-likeness (QED) is 0.0321. The lowest BCUT2D eigenvalue weighted by Crippen LogP contribution is -2.45. The smallest absolute Gasteiger partial charge is 0.305 e. The van der Waals surface area contributed by atoms with Crippen molar-refractivity contribution >= 4 is 11.9 Å². The molecule has 0 aromatic carbocycles. The van der Waals surface area contributed by atoms with Gasteiger partial charge in [0.25, 0.3) is 0 Å². The highest BCUT2D eigenvalue weighted by molar-refractivity contribution is 5.76. The summed E-state index contributed by atoms with van der Waals surface area (Å²) in [7, 11) is 0. The monoisotopic (exact) mass is 974 g/mol. The van der Waals surface area contributed by atoms with E-state index in [-0.39, 0.29) is 18.5 Å². The average Bonchev–Trinajstić information content (AvgIpc) is 3.35. The molecule has 0 spiro atoms. The van der Waals surface area contributed by atoms with E-state index in [1.54, 1.807) is 6.08 Å². The number of rotatable bonds is 59. The predicted molar refractivity (Wildman–Crippen MR) is 301 cm³/mol. The molecule has 0 saturated carbocycles. The minimum Gasteiger partial charge on any atom is -0.466 e. The normalized spacial score (nSPS) is 12.6. The van der Waals surface area contributed by atoms with Crippen LogP contribution >= 0.6 is 0 Å². The highest BCUT2D eigenvalue weighted by Crippen LogP contribution is 2.18. The summed E-state index contributed by atoms with van der Waals surface area (Å²) < 4.78 is 5.46. The summed E-state index contributed by atoms with van der Waals surface area (Å²) in [6.07, 6.45) is 71.1. The third-order valence-electron chi connectivity index (χ3n) is 14.8. The van der Waals surface area contributed by atoms with Gasteiger partial charge in [-0.05, 0) is 32.1 Å². The molecule has 3 N–H and O–H groups in total. The Morgan fingerprint density at radius 1 is 0.391 bits per heavy atom. The van der Waals surface area contributed by atoms with Gasteiger partial charge in [0.05, 0.1) is 25.4 Å². The number of hydrogen-bond donors (Lipinski definition) is 3. The Hall–Kier alpha value is -1.40. The molecule has 0 radical (unpaired) electrons. The van der Waals surface area contributed by atoms with Crippen molar-refractivity contribution in [3.63, 3.8) is 0 Å². The number of nitrogens with one attached hydrogen (secondary N) is 1. The van der Waals surface area contributed by atoms with Gasteiger partial charge in [0.2, 0.25) is 5.91 Å². The van der Waals surface area contributed by atoms with Crippen molar-refractivity contribution in [1.29, 1.82) is 0 Å². The predicted octanol–water partition coefficient (Wildman–Crippen LogP) is 19.6. The highest BCUT2D eigenvalue weighted by atomic mass is 16.5. The molecule has 0 aromatic rings. The molecule has 2 unspecified atom stereocenters. The van der Waals surface area contributed by atoms with Crippen LogP contribution in [-0.4, -0.2) is 47.4 Å². The fourth-order valence-corrected chi connectivity index (χ4v) is 9.99. The van der Waals surface area contributed by atoms with Gasteiger partial charge < -0.3 is 20.3 Å². The molecular formula is C63H123NO5. The Bertz CT molecular complexity index is 1030. The molecule has 6 nitrogen and oxygen atoms in total. The van der Waals surface area contributed by atoms with Crippen LogP contribution in [0.1, 0.15) is 354 Å². The first-order valence-electron chi connectivity index (χ1n) is 31.5. The van der Waals surface area contributed by atoms with Crippen molar-refractivity contribution in [2.75, 3.05) is 13.2 Å². The first-order chi connectivity index (χ1) is 34.0. The number of carbonyl (C=O) groups is 2. The SMILES string of the molecule is CCCCCCCCCCCCCCCCCCCCCCCC/C=C/C(O)C(CO)NC(=O)CCCCCCCCCCCCCCCCCCCOC(=O)CCCCCCCCCCCCC. The number of amides is 1. The van der Waals surface area contributed by atoms with E-state index in [1.165, 1.54) is 283 Å². The molecule has 0 aliphatic carbocycles. The summed E-state index contributed by atoms with van der Waals surface area (Å²) in [6, 6.07) is -0.632. The maximum absolute atomic E-state index is 12.5. The van der Waals surface area contributed by atoms with Crippen molar-refractivity contribution in [3.05, 3.63) is 12.2 Å². The second-order valence-electron chi connectivity index (χ2n) is 21.8. The molecule has 0 fully saturated rings. The van der Waals surface area contributed by atoms with Gasteiger partial charge in [-0.2, -0.15) is 0 Å². The van der Waals surface area contributed by atoms with E-state index >= 15 is 0 Å². The lowest BCUT2D eigenvalue weighted by molar-refractivity contribution is -0.143. The Morgan fingerprint density at radius 3 is 0.986 bits per heavy atom. The number of ether oxygens (including phenoxy) is 1. The molecule has 0 bridgehead atoms. The van der Waals surface area contributed by atoms with Crippen LogP contribution in [0.4, 0.5) is 0 Å². The van der Waals surface area contributed by atoms with Crippen LogP contribution in [0, 0.1) is 0 Å². The Kier molecular flexibility index (Phi) is 58.0. The van der Waals surface area contributed by atoms with Gasteiger partial charge >= 0.3 is 5.97 Å². The van der Waals surface area contributed by atoms with Crippen LogP contribution in [0.3, 0.4) is 0 Å². The average molecular weight is 975 g/mol.